The summed E-state index contributed by atoms with van der Waals surface area (Å²) in [4.78, 5) is 19.3. The minimum absolute atomic E-state index is 0.156. The number of hydrogen-bond donors (Lipinski definition) is 0. The Balaban J connectivity index is 1.58. The lowest BCUT2D eigenvalue weighted by atomic mass is 10.3. The fourth-order valence-corrected chi connectivity index (χ4v) is 3.75. The van der Waals surface area contributed by atoms with E-state index in [1.807, 2.05) is 17.5 Å². The molecule has 2 heterocycles. The van der Waals surface area contributed by atoms with Gasteiger partial charge in [0.15, 0.2) is 6.10 Å². The van der Waals surface area contributed by atoms with E-state index >= 15 is 0 Å². The molecule has 3 aromatic rings. The van der Waals surface area contributed by atoms with Crippen LogP contribution in [-0.4, -0.2) is 55.8 Å². The Morgan fingerprint density at radius 2 is 1.93 bits per heavy atom. The van der Waals surface area contributed by atoms with Gasteiger partial charge in [-0.05, 0) is 42.6 Å². The molecule has 1 aromatic carbocycles. The van der Waals surface area contributed by atoms with Crippen molar-refractivity contribution < 1.29 is 22.5 Å². The topological polar surface area (TPSA) is 106 Å². The van der Waals surface area contributed by atoms with Gasteiger partial charge >= 0.3 is 0 Å². The molecule has 0 unspecified atom stereocenters. The van der Waals surface area contributed by atoms with Crippen molar-refractivity contribution in [2.75, 3.05) is 24.7 Å². The molecule has 0 radical (unpaired) electrons. The molecule has 0 spiro atoms. The van der Waals surface area contributed by atoms with Crippen LogP contribution in [0.1, 0.15) is 12.8 Å². The summed E-state index contributed by atoms with van der Waals surface area (Å²) in [5, 5.41) is 5.85. The Labute approximate surface area is 178 Å². The number of aromatic nitrogens is 2. The van der Waals surface area contributed by atoms with Gasteiger partial charge in [0.1, 0.15) is 5.75 Å². The van der Waals surface area contributed by atoms with Crippen LogP contribution in [0.5, 0.6) is 5.75 Å². The standard InChI is InChI=1S/C19H22N4O5S2/c1-13(27-15-9-7-14(8-10-15)23(3)30(4,25)26)19(24)22(2)12-17-20-18(21-28-17)16-6-5-11-29-16/h5-11,13H,12H2,1-4H3/t13-/m0/s1. The molecule has 0 saturated heterocycles. The van der Waals surface area contributed by atoms with Gasteiger partial charge in [-0.25, -0.2) is 8.42 Å². The molecule has 160 valence electrons. The Bertz CT molecular complexity index is 1090. The molecule has 0 N–H and O–H groups in total. The number of hydrogen-bond acceptors (Lipinski definition) is 8. The van der Waals surface area contributed by atoms with Crippen molar-refractivity contribution in [1.82, 2.24) is 15.0 Å². The monoisotopic (exact) mass is 450 g/mol. The molecule has 0 aliphatic heterocycles. The lowest BCUT2D eigenvalue weighted by Gasteiger charge is -2.21. The maximum absolute atomic E-state index is 12.6. The maximum atomic E-state index is 12.6. The number of carbonyl (C=O) groups excluding carboxylic acids is 1. The van der Waals surface area contributed by atoms with Gasteiger partial charge < -0.3 is 14.2 Å². The summed E-state index contributed by atoms with van der Waals surface area (Å²) in [5.41, 5.74) is 0.499. The van der Waals surface area contributed by atoms with Crippen molar-refractivity contribution in [3.63, 3.8) is 0 Å². The molecule has 1 atom stereocenters. The molecule has 0 aliphatic rings. The van der Waals surface area contributed by atoms with Gasteiger partial charge in [0.2, 0.25) is 21.7 Å². The van der Waals surface area contributed by atoms with Gasteiger partial charge in [0.05, 0.1) is 23.4 Å². The number of rotatable bonds is 8. The summed E-state index contributed by atoms with van der Waals surface area (Å²) >= 11 is 1.50. The molecule has 0 saturated carbocycles. The van der Waals surface area contributed by atoms with E-state index in [1.54, 1.807) is 38.2 Å². The third kappa shape index (κ3) is 5.16. The molecular weight excluding hydrogens is 428 g/mol. The van der Waals surface area contributed by atoms with E-state index in [0.717, 1.165) is 15.4 Å². The third-order valence-electron chi connectivity index (χ3n) is 4.32. The van der Waals surface area contributed by atoms with E-state index in [-0.39, 0.29) is 12.5 Å². The number of amides is 1. The van der Waals surface area contributed by atoms with Crippen molar-refractivity contribution in [3.8, 4) is 16.5 Å². The van der Waals surface area contributed by atoms with Crippen LogP contribution < -0.4 is 9.04 Å². The summed E-state index contributed by atoms with van der Waals surface area (Å²) in [6, 6.07) is 10.3. The zero-order valence-corrected chi connectivity index (χ0v) is 18.6. The van der Waals surface area contributed by atoms with Gasteiger partial charge in [0.25, 0.3) is 5.91 Å². The summed E-state index contributed by atoms with van der Waals surface area (Å²) < 4.78 is 35.3. The average molecular weight is 451 g/mol. The van der Waals surface area contributed by atoms with Crippen LogP contribution in [0.4, 0.5) is 5.69 Å². The number of sulfonamides is 1. The van der Waals surface area contributed by atoms with E-state index in [1.165, 1.54) is 23.3 Å². The number of anilines is 1. The van der Waals surface area contributed by atoms with E-state index < -0.39 is 16.1 Å². The summed E-state index contributed by atoms with van der Waals surface area (Å²) in [6.45, 7) is 1.79. The van der Waals surface area contributed by atoms with Crippen LogP contribution in [0.2, 0.25) is 0 Å². The number of nitrogens with zero attached hydrogens (tertiary/aromatic N) is 4. The highest BCUT2D eigenvalue weighted by molar-refractivity contribution is 7.92. The minimum Gasteiger partial charge on any atom is -0.481 e. The van der Waals surface area contributed by atoms with E-state index in [0.29, 0.717) is 23.2 Å². The fraction of sp³-hybridized carbons (Fsp3) is 0.316. The highest BCUT2D eigenvalue weighted by atomic mass is 32.2. The van der Waals surface area contributed by atoms with Crippen LogP contribution in [0.25, 0.3) is 10.7 Å². The molecule has 0 bridgehead atoms. The molecule has 30 heavy (non-hydrogen) atoms. The Hall–Kier alpha value is -2.92. The molecule has 2 aromatic heterocycles. The Kier molecular flexibility index (Phi) is 6.42. The minimum atomic E-state index is -3.35. The number of benzene rings is 1. The van der Waals surface area contributed by atoms with Crippen LogP contribution in [-0.2, 0) is 21.4 Å². The Morgan fingerprint density at radius 3 is 2.53 bits per heavy atom. The fourth-order valence-electron chi connectivity index (χ4n) is 2.60. The van der Waals surface area contributed by atoms with Gasteiger partial charge in [-0.15, -0.1) is 11.3 Å². The first-order valence-corrected chi connectivity index (χ1v) is 11.7. The van der Waals surface area contributed by atoms with Crippen LogP contribution in [0.15, 0.2) is 46.3 Å². The highest BCUT2D eigenvalue weighted by Crippen LogP contribution is 2.23. The normalized spacial score (nSPS) is 12.4. The second-order valence-electron chi connectivity index (χ2n) is 6.67. The second kappa shape index (κ2) is 8.84. The van der Waals surface area contributed by atoms with Gasteiger partial charge in [-0.1, -0.05) is 11.2 Å². The largest absolute Gasteiger partial charge is 0.481 e. The molecule has 0 fully saturated rings. The van der Waals surface area contributed by atoms with Crippen molar-refractivity contribution in [3.05, 3.63) is 47.7 Å². The van der Waals surface area contributed by atoms with Crippen LogP contribution >= 0.6 is 11.3 Å². The average Bonchev–Trinajstić information content (AvgIpc) is 3.38. The Morgan fingerprint density at radius 1 is 1.23 bits per heavy atom. The summed E-state index contributed by atoms with van der Waals surface area (Å²) in [7, 11) is -0.254. The molecule has 3 rings (SSSR count). The van der Waals surface area contributed by atoms with Crippen molar-refractivity contribution in [2.45, 2.75) is 19.6 Å². The smallest absolute Gasteiger partial charge is 0.263 e. The molecule has 0 aliphatic carbocycles. The van der Waals surface area contributed by atoms with Gasteiger partial charge in [0, 0.05) is 14.1 Å². The maximum Gasteiger partial charge on any atom is 0.263 e. The lowest BCUT2D eigenvalue weighted by Crippen LogP contribution is -2.37. The first-order valence-electron chi connectivity index (χ1n) is 8.97. The first-order chi connectivity index (χ1) is 14.1. The predicted molar refractivity (Wildman–Crippen MR) is 114 cm³/mol. The zero-order chi connectivity index (χ0) is 21.9. The number of carbonyl (C=O) groups is 1. The first kappa shape index (κ1) is 21.8. The molecule has 9 nitrogen and oxygen atoms in total. The lowest BCUT2D eigenvalue weighted by molar-refractivity contribution is -0.137. The number of thiophene rings is 1. The third-order valence-corrected chi connectivity index (χ3v) is 6.39. The number of ether oxygens (including phenoxy) is 1. The van der Waals surface area contributed by atoms with Crippen LogP contribution in [0.3, 0.4) is 0 Å². The summed E-state index contributed by atoms with van der Waals surface area (Å²) in [6.07, 6.45) is 0.369. The SMILES string of the molecule is C[C@H](Oc1ccc(N(C)S(C)(=O)=O)cc1)C(=O)N(C)Cc1nc(-c2cccs2)no1. The molecule has 11 heteroatoms. The molecule has 1 amide bonds. The van der Waals surface area contributed by atoms with E-state index in [9.17, 15) is 13.2 Å². The highest BCUT2D eigenvalue weighted by Gasteiger charge is 2.22. The van der Waals surface area contributed by atoms with E-state index in [4.69, 9.17) is 9.26 Å². The van der Waals surface area contributed by atoms with Crippen molar-refractivity contribution in [2.24, 2.45) is 0 Å². The predicted octanol–water partition coefficient (Wildman–Crippen LogP) is 2.62. The second-order valence-corrected chi connectivity index (χ2v) is 9.63. The zero-order valence-electron chi connectivity index (χ0n) is 17.0. The van der Waals surface area contributed by atoms with Crippen molar-refractivity contribution >= 4 is 33.0 Å². The number of likely N-dealkylation sites (N-methyl/N-ethyl adjacent to an activating group) is 1. The summed E-state index contributed by atoms with van der Waals surface area (Å²) in [5.74, 6) is 1.01. The van der Waals surface area contributed by atoms with Crippen molar-refractivity contribution in [1.29, 1.82) is 0 Å². The quantitative estimate of drug-likeness (QED) is 0.519. The van der Waals surface area contributed by atoms with Gasteiger partial charge in [-0.3, -0.25) is 9.10 Å². The van der Waals surface area contributed by atoms with Gasteiger partial charge in [-0.2, -0.15) is 4.98 Å². The molecular formula is C19H22N4O5S2. The van der Waals surface area contributed by atoms with E-state index in [2.05, 4.69) is 10.1 Å². The van der Waals surface area contributed by atoms with Crippen LogP contribution in [0, 0.1) is 0 Å².